The lowest BCUT2D eigenvalue weighted by molar-refractivity contribution is 0.0939. The second-order valence-electron chi connectivity index (χ2n) is 7.11. The van der Waals surface area contributed by atoms with Crippen LogP contribution in [0.25, 0.3) is 0 Å². The molecule has 0 spiro atoms. The second kappa shape index (κ2) is 7.42. The lowest BCUT2D eigenvalue weighted by Gasteiger charge is -2.15. The van der Waals surface area contributed by atoms with Crippen LogP contribution in [0.5, 0.6) is 0 Å². The molecule has 1 aromatic heterocycles. The van der Waals surface area contributed by atoms with E-state index in [0.717, 1.165) is 43.7 Å². The van der Waals surface area contributed by atoms with Crippen LogP contribution in [0.3, 0.4) is 0 Å². The van der Waals surface area contributed by atoms with Gasteiger partial charge in [-0.25, -0.2) is 0 Å². The zero-order valence-corrected chi connectivity index (χ0v) is 14.4. The predicted molar refractivity (Wildman–Crippen MR) is 89.3 cm³/mol. The molecule has 0 aromatic carbocycles. The summed E-state index contributed by atoms with van der Waals surface area (Å²) in [7, 11) is 0. The van der Waals surface area contributed by atoms with E-state index in [0.29, 0.717) is 18.4 Å². The van der Waals surface area contributed by atoms with E-state index in [1.165, 1.54) is 5.69 Å². The summed E-state index contributed by atoms with van der Waals surface area (Å²) in [6.07, 6.45) is 2.13. The van der Waals surface area contributed by atoms with E-state index in [1.807, 2.05) is 6.07 Å². The average molecular weight is 306 g/mol. The Balaban J connectivity index is 2.02. The van der Waals surface area contributed by atoms with Crippen molar-refractivity contribution in [2.45, 2.75) is 47.1 Å². The Labute approximate surface area is 134 Å². The van der Waals surface area contributed by atoms with Crippen LogP contribution in [0.2, 0.25) is 0 Å². The molecule has 1 unspecified atom stereocenters. The Morgan fingerprint density at radius 1 is 1.41 bits per heavy atom. The molecule has 0 aliphatic carbocycles. The number of rotatable bonds is 7. The van der Waals surface area contributed by atoms with Gasteiger partial charge in [-0.05, 0) is 51.1 Å². The molecule has 2 rings (SSSR count). The van der Waals surface area contributed by atoms with Crippen molar-refractivity contribution in [3.8, 4) is 0 Å². The molecule has 0 saturated carbocycles. The zero-order valence-electron chi connectivity index (χ0n) is 14.4. The van der Waals surface area contributed by atoms with Crippen molar-refractivity contribution in [1.29, 1.82) is 0 Å². The number of hydrogen-bond acceptors (Lipinski definition) is 3. The minimum absolute atomic E-state index is 0.211. The monoisotopic (exact) mass is 306 g/mol. The first-order chi connectivity index (χ1) is 10.4. The van der Waals surface area contributed by atoms with Gasteiger partial charge in [0.15, 0.2) is 5.78 Å². The predicted octanol–water partition coefficient (Wildman–Crippen LogP) is 2.65. The van der Waals surface area contributed by atoms with Crippen molar-refractivity contribution < 1.29 is 9.90 Å². The topological polar surface area (TPSA) is 45.5 Å². The molecule has 124 valence electrons. The Morgan fingerprint density at radius 3 is 2.73 bits per heavy atom. The minimum Gasteiger partial charge on any atom is -0.396 e. The fourth-order valence-electron chi connectivity index (χ4n) is 3.31. The number of nitrogens with zero attached hydrogens (tertiary/aromatic N) is 2. The maximum atomic E-state index is 12.6. The van der Waals surface area contributed by atoms with Gasteiger partial charge in [-0.15, -0.1) is 0 Å². The van der Waals surface area contributed by atoms with Gasteiger partial charge < -0.3 is 9.67 Å². The standard InChI is InChI=1S/C18H30N2O2/c1-13(2)5-8-20-14(3)9-17(15(20)4)18(22)11-19-7-6-16(10-19)12-21/h9,13,16,21H,5-8,10-12H2,1-4H3. The number of carbonyl (C=O) groups excluding carboxylic acids is 1. The Hall–Kier alpha value is -1.13. The average Bonchev–Trinajstić information content (AvgIpc) is 3.02. The van der Waals surface area contributed by atoms with Gasteiger partial charge in [0, 0.05) is 36.6 Å². The van der Waals surface area contributed by atoms with Crippen LogP contribution in [-0.4, -0.2) is 46.6 Å². The number of aliphatic hydroxyl groups excluding tert-OH is 1. The van der Waals surface area contributed by atoms with Crippen LogP contribution in [0, 0.1) is 25.7 Å². The number of aryl methyl sites for hydroxylation is 1. The maximum absolute atomic E-state index is 12.6. The normalized spacial score (nSPS) is 19.3. The quantitative estimate of drug-likeness (QED) is 0.788. The molecular formula is C18H30N2O2. The number of aliphatic hydroxyl groups is 1. The first kappa shape index (κ1) is 17.2. The molecule has 1 N–H and O–H groups in total. The highest BCUT2D eigenvalue weighted by Gasteiger charge is 2.25. The van der Waals surface area contributed by atoms with E-state index in [2.05, 4.69) is 37.2 Å². The highest BCUT2D eigenvalue weighted by atomic mass is 16.3. The van der Waals surface area contributed by atoms with Gasteiger partial charge in [0.05, 0.1) is 6.54 Å². The largest absolute Gasteiger partial charge is 0.396 e. The first-order valence-corrected chi connectivity index (χ1v) is 8.45. The fourth-order valence-corrected chi connectivity index (χ4v) is 3.31. The Morgan fingerprint density at radius 2 is 2.14 bits per heavy atom. The lowest BCUT2D eigenvalue weighted by Crippen LogP contribution is -2.28. The van der Waals surface area contributed by atoms with Crippen molar-refractivity contribution in [3.63, 3.8) is 0 Å². The molecule has 1 aliphatic rings. The molecular weight excluding hydrogens is 276 g/mol. The minimum atomic E-state index is 0.211. The van der Waals surface area contributed by atoms with Crippen LogP contribution >= 0.6 is 0 Å². The number of aromatic nitrogens is 1. The second-order valence-corrected chi connectivity index (χ2v) is 7.11. The third-order valence-corrected chi connectivity index (χ3v) is 4.80. The third kappa shape index (κ3) is 3.99. The summed E-state index contributed by atoms with van der Waals surface area (Å²) in [5.74, 6) is 1.22. The number of likely N-dealkylation sites (tertiary alicyclic amines) is 1. The fraction of sp³-hybridized carbons (Fsp3) is 0.722. The number of ketones is 1. The number of Topliss-reactive ketones (excluding diaryl/α,β-unsaturated/α-hetero) is 1. The van der Waals surface area contributed by atoms with Gasteiger partial charge in [0.1, 0.15) is 0 Å². The highest BCUT2D eigenvalue weighted by molar-refractivity contribution is 5.99. The van der Waals surface area contributed by atoms with Gasteiger partial charge in [-0.2, -0.15) is 0 Å². The van der Waals surface area contributed by atoms with Crippen LogP contribution in [-0.2, 0) is 6.54 Å². The Bertz CT molecular complexity index is 519. The van der Waals surface area contributed by atoms with E-state index in [4.69, 9.17) is 0 Å². The van der Waals surface area contributed by atoms with Gasteiger partial charge in [-0.1, -0.05) is 13.8 Å². The number of carbonyl (C=O) groups is 1. The van der Waals surface area contributed by atoms with E-state index in [-0.39, 0.29) is 12.4 Å². The van der Waals surface area contributed by atoms with Crippen LogP contribution < -0.4 is 0 Å². The van der Waals surface area contributed by atoms with Crippen LogP contribution in [0.1, 0.15) is 48.4 Å². The van der Waals surface area contributed by atoms with E-state index < -0.39 is 0 Å². The van der Waals surface area contributed by atoms with Crippen molar-refractivity contribution in [2.75, 3.05) is 26.2 Å². The van der Waals surface area contributed by atoms with Gasteiger partial charge >= 0.3 is 0 Å². The van der Waals surface area contributed by atoms with Gasteiger partial charge in [0.25, 0.3) is 0 Å². The van der Waals surface area contributed by atoms with E-state index in [1.54, 1.807) is 0 Å². The highest BCUT2D eigenvalue weighted by Crippen LogP contribution is 2.20. The van der Waals surface area contributed by atoms with Crippen molar-refractivity contribution in [3.05, 3.63) is 23.0 Å². The van der Waals surface area contributed by atoms with Gasteiger partial charge in [-0.3, -0.25) is 9.69 Å². The van der Waals surface area contributed by atoms with Gasteiger partial charge in [0.2, 0.25) is 0 Å². The summed E-state index contributed by atoms with van der Waals surface area (Å²) in [5.41, 5.74) is 3.14. The molecule has 1 fully saturated rings. The first-order valence-electron chi connectivity index (χ1n) is 8.45. The van der Waals surface area contributed by atoms with Crippen molar-refractivity contribution in [1.82, 2.24) is 9.47 Å². The van der Waals surface area contributed by atoms with E-state index in [9.17, 15) is 9.90 Å². The molecule has 4 nitrogen and oxygen atoms in total. The molecule has 22 heavy (non-hydrogen) atoms. The summed E-state index contributed by atoms with van der Waals surface area (Å²) >= 11 is 0. The molecule has 0 amide bonds. The molecule has 4 heteroatoms. The van der Waals surface area contributed by atoms with Crippen LogP contribution in [0.15, 0.2) is 6.07 Å². The molecule has 1 saturated heterocycles. The smallest absolute Gasteiger partial charge is 0.178 e. The van der Waals surface area contributed by atoms with E-state index >= 15 is 0 Å². The molecule has 0 radical (unpaired) electrons. The summed E-state index contributed by atoms with van der Waals surface area (Å²) < 4.78 is 2.27. The lowest BCUT2D eigenvalue weighted by atomic mass is 10.1. The third-order valence-electron chi connectivity index (χ3n) is 4.80. The summed E-state index contributed by atoms with van der Waals surface area (Å²) in [5, 5.41) is 9.21. The summed E-state index contributed by atoms with van der Waals surface area (Å²) in [4.78, 5) is 14.8. The number of hydrogen-bond donors (Lipinski definition) is 1. The summed E-state index contributed by atoms with van der Waals surface area (Å²) in [6.45, 7) is 12.1. The Kier molecular flexibility index (Phi) is 5.81. The zero-order chi connectivity index (χ0) is 16.3. The molecule has 0 bridgehead atoms. The van der Waals surface area contributed by atoms with Crippen molar-refractivity contribution >= 4 is 5.78 Å². The van der Waals surface area contributed by atoms with Crippen molar-refractivity contribution in [2.24, 2.45) is 11.8 Å². The molecule has 1 aromatic rings. The molecule has 2 heterocycles. The summed E-state index contributed by atoms with van der Waals surface area (Å²) in [6, 6.07) is 2.04. The SMILES string of the molecule is Cc1cc(C(=O)CN2CCC(CO)C2)c(C)n1CCC(C)C. The molecule has 1 aliphatic heterocycles. The van der Waals surface area contributed by atoms with Crippen LogP contribution in [0.4, 0.5) is 0 Å². The molecule has 1 atom stereocenters. The maximum Gasteiger partial charge on any atom is 0.178 e.